The summed E-state index contributed by atoms with van der Waals surface area (Å²) in [5, 5.41) is 10.1. The summed E-state index contributed by atoms with van der Waals surface area (Å²) >= 11 is 2.44. The fourth-order valence-electron chi connectivity index (χ4n) is 2.61. The summed E-state index contributed by atoms with van der Waals surface area (Å²) in [7, 11) is 0. The quantitative estimate of drug-likeness (QED) is 0.493. The highest BCUT2D eigenvalue weighted by molar-refractivity contribution is 14.1. The van der Waals surface area contributed by atoms with E-state index in [-0.39, 0.29) is 6.10 Å². The topological polar surface area (TPSA) is 20.2 Å². The number of hydrogen-bond acceptors (Lipinski definition) is 1. The van der Waals surface area contributed by atoms with Crippen molar-refractivity contribution < 1.29 is 5.11 Å². The lowest BCUT2D eigenvalue weighted by Crippen LogP contribution is -2.22. The molecule has 0 aromatic rings. The Kier molecular flexibility index (Phi) is 8.54. The van der Waals surface area contributed by atoms with Crippen LogP contribution in [0.3, 0.4) is 0 Å². The molecule has 0 bridgehead atoms. The van der Waals surface area contributed by atoms with E-state index in [1.54, 1.807) is 0 Å². The highest BCUT2D eigenvalue weighted by Crippen LogP contribution is 2.28. The Bertz CT molecular complexity index is 219. The second kappa shape index (κ2) is 9.37. The Hall–Kier alpha value is 0.430. The van der Waals surface area contributed by atoms with Crippen LogP contribution in [0.5, 0.6) is 0 Å². The molecule has 100 valence electrons. The number of rotatable bonds is 7. The smallest absolute Gasteiger partial charge is 0.0603 e. The molecule has 1 fully saturated rings. The summed E-state index contributed by atoms with van der Waals surface area (Å²) in [6, 6.07) is 0. The molecule has 1 aliphatic carbocycles. The van der Waals surface area contributed by atoms with Crippen LogP contribution in [0.1, 0.15) is 71.1 Å². The minimum Gasteiger partial charge on any atom is -0.393 e. The summed E-state index contributed by atoms with van der Waals surface area (Å²) in [6.07, 6.45) is 14.6. The molecule has 0 heterocycles. The van der Waals surface area contributed by atoms with Crippen LogP contribution >= 0.6 is 22.6 Å². The molecule has 0 radical (unpaired) electrons. The van der Waals surface area contributed by atoms with Crippen LogP contribution < -0.4 is 0 Å². The van der Waals surface area contributed by atoms with E-state index in [2.05, 4.69) is 35.6 Å². The zero-order valence-electron chi connectivity index (χ0n) is 11.1. The largest absolute Gasteiger partial charge is 0.393 e. The molecule has 1 atom stereocenters. The Balaban J connectivity index is 2.20. The normalized spacial score (nSPS) is 20.5. The standard InChI is InChI=1S/C15H27IO/c1-2-3-5-10-14(16)11-12-15(17)13-8-6-4-7-9-13/h11,13,15,17H,2-10,12H2,1H3/b14-11-. The van der Waals surface area contributed by atoms with Gasteiger partial charge in [-0.25, -0.2) is 0 Å². The van der Waals surface area contributed by atoms with Gasteiger partial charge in [0, 0.05) is 0 Å². The number of allylic oxidation sites excluding steroid dienone is 1. The van der Waals surface area contributed by atoms with Crippen LogP contribution in [0.2, 0.25) is 0 Å². The third-order valence-corrected chi connectivity index (χ3v) is 4.77. The lowest BCUT2D eigenvalue weighted by atomic mass is 9.84. The van der Waals surface area contributed by atoms with Gasteiger partial charge in [-0.15, -0.1) is 0 Å². The van der Waals surface area contributed by atoms with E-state index < -0.39 is 0 Å². The van der Waals surface area contributed by atoms with Crippen molar-refractivity contribution in [2.45, 2.75) is 77.2 Å². The van der Waals surface area contributed by atoms with Crippen LogP contribution in [0, 0.1) is 5.92 Å². The zero-order chi connectivity index (χ0) is 12.5. The molecule has 0 aromatic carbocycles. The average molecular weight is 350 g/mol. The van der Waals surface area contributed by atoms with Crippen molar-refractivity contribution in [3.8, 4) is 0 Å². The summed E-state index contributed by atoms with van der Waals surface area (Å²) in [4.78, 5) is 0. The van der Waals surface area contributed by atoms with Gasteiger partial charge in [0.25, 0.3) is 0 Å². The molecule has 0 aromatic heterocycles. The van der Waals surface area contributed by atoms with Gasteiger partial charge in [-0.2, -0.15) is 0 Å². The molecule has 0 saturated heterocycles. The number of halogens is 1. The van der Waals surface area contributed by atoms with Gasteiger partial charge in [0.05, 0.1) is 6.10 Å². The molecule has 0 spiro atoms. The average Bonchev–Trinajstić information content (AvgIpc) is 2.37. The van der Waals surface area contributed by atoms with E-state index >= 15 is 0 Å². The summed E-state index contributed by atoms with van der Waals surface area (Å²) in [5.74, 6) is 0.569. The maximum absolute atomic E-state index is 10.1. The molecule has 1 unspecified atom stereocenters. The van der Waals surface area contributed by atoms with Crippen molar-refractivity contribution in [1.82, 2.24) is 0 Å². The molecule has 1 N–H and O–H groups in total. The lowest BCUT2D eigenvalue weighted by Gasteiger charge is -2.25. The van der Waals surface area contributed by atoms with E-state index in [0.717, 1.165) is 6.42 Å². The molecule has 1 aliphatic rings. The molecule has 1 nitrogen and oxygen atoms in total. The first-order chi connectivity index (χ1) is 8.24. The summed E-state index contributed by atoms with van der Waals surface area (Å²) in [5.41, 5.74) is 0. The predicted octanol–water partition coefficient (Wildman–Crippen LogP) is 5.22. The third-order valence-electron chi connectivity index (χ3n) is 3.79. The fraction of sp³-hybridized carbons (Fsp3) is 0.867. The molecular weight excluding hydrogens is 323 g/mol. The van der Waals surface area contributed by atoms with Crippen molar-refractivity contribution in [3.05, 3.63) is 9.66 Å². The van der Waals surface area contributed by atoms with E-state index in [4.69, 9.17) is 0 Å². The minimum absolute atomic E-state index is 0.0914. The van der Waals surface area contributed by atoms with Crippen LogP contribution in [0.25, 0.3) is 0 Å². The molecule has 1 saturated carbocycles. The van der Waals surface area contributed by atoms with Crippen molar-refractivity contribution in [1.29, 1.82) is 0 Å². The van der Waals surface area contributed by atoms with Gasteiger partial charge in [0.2, 0.25) is 0 Å². The molecule has 1 rings (SSSR count). The van der Waals surface area contributed by atoms with E-state index in [9.17, 15) is 5.11 Å². The first-order valence-electron chi connectivity index (χ1n) is 7.26. The van der Waals surface area contributed by atoms with Crippen LogP contribution in [-0.2, 0) is 0 Å². The van der Waals surface area contributed by atoms with Crippen molar-refractivity contribution >= 4 is 22.6 Å². The minimum atomic E-state index is -0.0914. The van der Waals surface area contributed by atoms with Gasteiger partial charge in [-0.05, 0) is 64.2 Å². The predicted molar refractivity (Wildman–Crippen MR) is 83.4 cm³/mol. The van der Waals surface area contributed by atoms with Gasteiger partial charge in [-0.3, -0.25) is 0 Å². The van der Waals surface area contributed by atoms with Crippen LogP contribution in [0.15, 0.2) is 9.66 Å². The molecule has 0 aliphatic heterocycles. The maximum atomic E-state index is 10.1. The molecular formula is C15H27IO. The molecule has 0 amide bonds. The number of aliphatic hydroxyl groups excluding tert-OH is 1. The van der Waals surface area contributed by atoms with Gasteiger partial charge in [0.15, 0.2) is 0 Å². The highest BCUT2D eigenvalue weighted by atomic mass is 127. The Morgan fingerprint density at radius 2 is 2.00 bits per heavy atom. The number of aliphatic hydroxyl groups is 1. The van der Waals surface area contributed by atoms with Crippen molar-refractivity contribution in [3.63, 3.8) is 0 Å². The number of unbranched alkanes of at least 4 members (excludes halogenated alkanes) is 2. The van der Waals surface area contributed by atoms with Gasteiger partial charge >= 0.3 is 0 Å². The number of hydrogen-bond donors (Lipinski definition) is 1. The van der Waals surface area contributed by atoms with E-state index in [0.29, 0.717) is 5.92 Å². The molecule has 2 heteroatoms. The van der Waals surface area contributed by atoms with Gasteiger partial charge < -0.3 is 5.11 Å². The second-order valence-corrected chi connectivity index (χ2v) is 6.69. The Labute approximate surface area is 120 Å². The first-order valence-corrected chi connectivity index (χ1v) is 8.34. The van der Waals surface area contributed by atoms with Crippen molar-refractivity contribution in [2.75, 3.05) is 0 Å². The zero-order valence-corrected chi connectivity index (χ0v) is 13.3. The van der Waals surface area contributed by atoms with E-state index in [1.807, 2.05) is 0 Å². The summed E-state index contributed by atoms with van der Waals surface area (Å²) in [6.45, 7) is 2.24. The Morgan fingerprint density at radius 3 is 2.65 bits per heavy atom. The van der Waals surface area contributed by atoms with Gasteiger partial charge in [0.1, 0.15) is 0 Å². The first kappa shape index (κ1) is 15.5. The fourth-order valence-corrected chi connectivity index (χ4v) is 3.24. The van der Waals surface area contributed by atoms with Gasteiger partial charge in [-0.1, -0.05) is 45.1 Å². The second-order valence-electron chi connectivity index (χ2n) is 5.31. The van der Waals surface area contributed by atoms with E-state index in [1.165, 1.54) is 61.4 Å². The Morgan fingerprint density at radius 1 is 1.29 bits per heavy atom. The summed E-state index contributed by atoms with van der Waals surface area (Å²) < 4.78 is 1.44. The van der Waals surface area contributed by atoms with Crippen LogP contribution in [-0.4, -0.2) is 11.2 Å². The monoisotopic (exact) mass is 350 g/mol. The maximum Gasteiger partial charge on any atom is 0.0603 e. The SMILES string of the molecule is CCCCC/C(I)=C/CC(O)C1CCCCC1. The third kappa shape index (κ3) is 6.80. The highest BCUT2D eigenvalue weighted by Gasteiger charge is 2.20. The molecule has 17 heavy (non-hydrogen) atoms. The van der Waals surface area contributed by atoms with Crippen molar-refractivity contribution in [2.24, 2.45) is 5.92 Å². The lowest BCUT2D eigenvalue weighted by molar-refractivity contribution is 0.0873. The van der Waals surface area contributed by atoms with Crippen LogP contribution in [0.4, 0.5) is 0 Å².